The van der Waals surface area contributed by atoms with E-state index in [1.165, 1.54) is 0 Å². The second-order valence-corrected chi connectivity index (χ2v) is 10.4. The Morgan fingerprint density at radius 2 is 2.27 bits per heavy atom. The third kappa shape index (κ3) is 4.90. The Morgan fingerprint density at radius 3 is 2.80 bits per heavy atom. The first-order chi connectivity index (χ1) is 7.01. The molecule has 0 aliphatic carbocycles. The van der Waals surface area contributed by atoms with Crippen LogP contribution in [-0.2, 0) is 11.5 Å². The first-order valence-corrected chi connectivity index (χ1v) is 8.78. The van der Waals surface area contributed by atoms with E-state index in [1.54, 1.807) is 16.9 Å². The second kappa shape index (κ2) is 5.23. The highest BCUT2D eigenvalue weighted by atomic mass is 28.3. The van der Waals surface area contributed by atoms with Crippen LogP contribution in [0.3, 0.4) is 0 Å². The zero-order valence-corrected chi connectivity index (χ0v) is 10.6. The lowest BCUT2D eigenvalue weighted by atomic mass is 10.5. The molecule has 15 heavy (non-hydrogen) atoms. The Bertz CT molecular complexity index is 317. The van der Waals surface area contributed by atoms with Gasteiger partial charge in [0.05, 0.1) is 0 Å². The lowest BCUT2D eigenvalue weighted by molar-refractivity contribution is 0.0782. The van der Waals surface area contributed by atoms with Crippen molar-refractivity contribution in [3.63, 3.8) is 0 Å². The largest absolute Gasteiger partial charge is 0.360 e. The molecule has 0 spiro atoms. The molecule has 0 saturated carbocycles. The fraction of sp³-hybridized carbons (Fsp3) is 0.600. The van der Waals surface area contributed by atoms with Crippen LogP contribution in [-0.4, -0.2) is 30.7 Å². The standard InChI is InChI=1S/C10H18N2O2Si/c1-15(2,3)7-6-14-9-12-5-4-10(8-13)11-12/h4-5,8H,6-7,9H2,1-3H3. The van der Waals surface area contributed by atoms with Gasteiger partial charge in [0.1, 0.15) is 12.4 Å². The molecular formula is C10H18N2O2Si. The highest BCUT2D eigenvalue weighted by molar-refractivity contribution is 6.76. The van der Waals surface area contributed by atoms with E-state index in [1.807, 2.05) is 0 Å². The molecule has 0 aliphatic heterocycles. The number of carbonyl (C=O) groups excluding carboxylic acids is 1. The Morgan fingerprint density at radius 1 is 1.53 bits per heavy atom. The van der Waals surface area contributed by atoms with Gasteiger partial charge in [-0.15, -0.1) is 0 Å². The van der Waals surface area contributed by atoms with Crippen LogP contribution in [0.2, 0.25) is 25.7 Å². The van der Waals surface area contributed by atoms with Crippen LogP contribution in [0.4, 0.5) is 0 Å². The molecule has 0 unspecified atom stereocenters. The van der Waals surface area contributed by atoms with Crippen molar-refractivity contribution in [2.45, 2.75) is 32.4 Å². The van der Waals surface area contributed by atoms with E-state index in [9.17, 15) is 4.79 Å². The van der Waals surface area contributed by atoms with E-state index in [2.05, 4.69) is 24.7 Å². The SMILES string of the molecule is C[Si](C)(C)CCOCn1ccc(C=O)n1. The van der Waals surface area contributed by atoms with Crippen LogP contribution in [0.25, 0.3) is 0 Å². The number of nitrogens with zero attached hydrogens (tertiary/aromatic N) is 2. The molecule has 0 amide bonds. The van der Waals surface area contributed by atoms with Gasteiger partial charge in [0.2, 0.25) is 0 Å². The minimum atomic E-state index is -1.01. The summed E-state index contributed by atoms with van der Waals surface area (Å²) in [4.78, 5) is 10.4. The van der Waals surface area contributed by atoms with Gasteiger partial charge in [0, 0.05) is 20.9 Å². The van der Waals surface area contributed by atoms with Gasteiger partial charge in [-0.25, -0.2) is 4.68 Å². The molecule has 5 heteroatoms. The molecule has 0 fully saturated rings. The van der Waals surface area contributed by atoms with Crippen molar-refractivity contribution in [3.8, 4) is 0 Å². The number of hydrogen-bond donors (Lipinski definition) is 0. The molecule has 0 radical (unpaired) electrons. The third-order valence-electron chi connectivity index (χ3n) is 2.00. The van der Waals surface area contributed by atoms with E-state index >= 15 is 0 Å². The lowest BCUT2D eigenvalue weighted by Gasteiger charge is -2.15. The monoisotopic (exact) mass is 226 g/mol. The van der Waals surface area contributed by atoms with E-state index in [-0.39, 0.29) is 0 Å². The number of carbonyl (C=O) groups is 1. The number of aldehydes is 1. The summed E-state index contributed by atoms with van der Waals surface area (Å²) in [6.07, 6.45) is 2.48. The summed E-state index contributed by atoms with van der Waals surface area (Å²) in [7, 11) is -1.01. The molecule has 1 heterocycles. The van der Waals surface area contributed by atoms with Crippen molar-refractivity contribution in [2.24, 2.45) is 0 Å². The summed E-state index contributed by atoms with van der Waals surface area (Å²) >= 11 is 0. The Labute approximate surface area is 91.2 Å². The normalized spacial score (nSPS) is 11.7. The minimum absolute atomic E-state index is 0.429. The molecule has 0 saturated heterocycles. The summed E-state index contributed by atoms with van der Waals surface area (Å²) < 4.78 is 7.11. The maximum absolute atomic E-state index is 10.4. The third-order valence-corrected chi connectivity index (χ3v) is 3.71. The van der Waals surface area contributed by atoms with E-state index in [0.29, 0.717) is 12.4 Å². The average molecular weight is 226 g/mol. The quantitative estimate of drug-likeness (QED) is 0.423. The van der Waals surface area contributed by atoms with Crippen LogP contribution >= 0.6 is 0 Å². The fourth-order valence-corrected chi connectivity index (χ4v) is 1.81. The first kappa shape index (κ1) is 12.1. The molecular weight excluding hydrogens is 208 g/mol. The van der Waals surface area contributed by atoms with Crippen molar-refractivity contribution in [2.75, 3.05) is 6.61 Å². The summed E-state index contributed by atoms with van der Waals surface area (Å²) in [6.45, 7) is 8.14. The van der Waals surface area contributed by atoms with E-state index in [0.717, 1.165) is 18.9 Å². The van der Waals surface area contributed by atoms with Crippen LogP contribution in [0, 0.1) is 0 Å². The van der Waals surface area contributed by atoms with Gasteiger partial charge in [-0.3, -0.25) is 4.79 Å². The molecule has 1 rings (SSSR count). The zero-order valence-electron chi connectivity index (χ0n) is 9.56. The highest BCUT2D eigenvalue weighted by Gasteiger charge is 2.11. The van der Waals surface area contributed by atoms with Crippen LogP contribution in [0.1, 0.15) is 10.5 Å². The molecule has 4 nitrogen and oxygen atoms in total. The molecule has 0 bridgehead atoms. The van der Waals surface area contributed by atoms with Crippen molar-refractivity contribution in [3.05, 3.63) is 18.0 Å². The van der Waals surface area contributed by atoms with Crippen molar-refractivity contribution in [1.29, 1.82) is 0 Å². The molecule has 0 atom stereocenters. The summed E-state index contributed by atoms with van der Waals surface area (Å²) in [5.41, 5.74) is 0.448. The summed E-state index contributed by atoms with van der Waals surface area (Å²) in [5.74, 6) is 0. The molecule has 0 N–H and O–H groups in total. The number of rotatable bonds is 6. The van der Waals surface area contributed by atoms with Gasteiger partial charge in [-0.1, -0.05) is 19.6 Å². The van der Waals surface area contributed by atoms with Gasteiger partial charge >= 0.3 is 0 Å². The molecule has 0 aliphatic rings. The van der Waals surface area contributed by atoms with Gasteiger partial charge < -0.3 is 4.74 Å². The van der Waals surface area contributed by atoms with E-state index < -0.39 is 8.07 Å². The number of ether oxygens (including phenoxy) is 1. The second-order valence-electron chi connectivity index (χ2n) is 4.75. The smallest absolute Gasteiger partial charge is 0.170 e. The minimum Gasteiger partial charge on any atom is -0.360 e. The number of aromatic nitrogens is 2. The van der Waals surface area contributed by atoms with Gasteiger partial charge in [0.15, 0.2) is 6.29 Å². The predicted molar refractivity (Wildman–Crippen MR) is 61.7 cm³/mol. The molecule has 84 valence electrons. The maximum atomic E-state index is 10.4. The Balaban J connectivity index is 2.23. The lowest BCUT2D eigenvalue weighted by Crippen LogP contribution is -2.22. The zero-order chi connectivity index (χ0) is 11.3. The number of hydrogen-bond acceptors (Lipinski definition) is 3. The van der Waals surface area contributed by atoms with Crippen LogP contribution in [0.15, 0.2) is 12.3 Å². The van der Waals surface area contributed by atoms with Crippen molar-refractivity contribution >= 4 is 14.4 Å². The molecule has 1 aromatic rings. The van der Waals surface area contributed by atoms with E-state index in [4.69, 9.17) is 4.74 Å². The Kier molecular flexibility index (Phi) is 4.23. The fourth-order valence-electron chi connectivity index (χ4n) is 1.05. The highest BCUT2D eigenvalue weighted by Crippen LogP contribution is 2.07. The average Bonchev–Trinajstić information content (AvgIpc) is 2.59. The summed E-state index contributed by atoms with van der Waals surface area (Å²) in [6, 6.07) is 2.82. The van der Waals surface area contributed by atoms with Gasteiger partial charge in [0.25, 0.3) is 0 Å². The van der Waals surface area contributed by atoms with Gasteiger partial charge in [-0.05, 0) is 12.1 Å². The van der Waals surface area contributed by atoms with Crippen LogP contribution < -0.4 is 0 Å². The topological polar surface area (TPSA) is 44.1 Å². The summed E-state index contributed by atoms with van der Waals surface area (Å²) in [5, 5.41) is 4.00. The van der Waals surface area contributed by atoms with Crippen molar-refractivity contribution in [1.82, 2.24) is 9.78 Å². The molecule has 1 aromatic heterocycles. The predicted octanol–water partition coefficient (Wildman–Crippen LogP) is 2.01. The first-order valence-electron chi connectivity index (χ1n) is 5.08. The van der Waals surface area contributed by atoms with Gasteiger partial charge in [-0.2, -0.15) is 5.10 Å². The van der Waals surface area contributed by atoms with Crippen LogP contribution in [0.5, 0.6) is 0 Å². The maximum Gasteiger partial charge on any atom is 0.170 e. The van der Waals surface area contributed by atoms with Crippen molar-refractivity contribution < 1.29 is 9.53 Å². The molecule has 0 aromatic carbocycles. The Hall–Kier alpha value is -0.943.